The number of nitrogen functional groups attached to an aromatic ring is 1. The van der Waals surface area contributed by atoms with Crippen molar-refractivity contribution < 1.29 is 15.1 Å². The van der Waals surface area contributed by atoms with Crippen LogP contribution in [0.2, 0.25) is 0 Å². The minimum atomic E-state index is -1.47. The van der Waals surface area contributed by atoms with Gasteiger partial charge in [0.2, 0.25) is 0 Å². The molecule has 2 unspecified atom stereocenters. The van der Waals surface area contributed by atoms with Gasteiger partial charge < -0.3 is 15.9 Å². The zero-order valence-corrected chi connectivity index (χ0v) is 10.1. The van der Waals surface area contributed by atoms with Gasteiger partial charge in [0.1, 0.15) is 11.8 Å². The highest BCUT2D eigenvalue weighted by Crippen LogP contribution is 2.32. The Morgan fingerprint density at radius 1 is 1.58 bits per heavy atom. The van der Waals surface area contributed by atoms with Gasteiger partial charge in [-0.05, 0) is 18.0 Å². The van der Waals surface area contributed by atoms with Crippen LogP contribution in [0.15, 0.2) is 17.2 Å². The predicted molar refractivity (Wildman–Crippen MR) is 67.2 cm³/mol. The number of aryl methyl sites for hydroxylation is 1. The van der Waals surface area contributed by atoms with E-state index in [0.717, 1.165) is 0 Å². The highest BCUT2D eigenvalue weighted by atomic mass is 16.6. The summed E-state index contributed by atoms with van der Waals surface area (Å²) in [6.07, 6.45) is -2.86. The van der Waals surface area contributed by atoms with Gasteiger partial charge in [-0.3, -0.25) is 10.1 Å². The SMILES string of the molecule is Cc1cc(C(O)C(O)CN=[N+]=[N-])c(N)c([N+](=O)[O-])c1. The van der Waals surface area contributed by atoms with E-state index >= 15 is 0 Å². The smallest absolute Gasteiger partial charge is 0.292 e. The fraction of sp³-hybridized carbons (Fsp3) is 0.400. The summed E-state index contributed by atoms with van der Waals surface area (Å²) < 4.78 is 0. The molecule has 0 fully saturated rings. The first-order valence-corrected chi connectivity index (χ1v) is 5.30. The molecule has 0 aliphatic carbocycles. The van der Waals surface area contributed by atoms with Crippen molar-refractivity contribution in [1.82, 2.24) is 0 Å². The molecule has 102 valence electrons. The van der Waals surface area contributed by atoms with Crippen LogP contribution in [-0.2, 0) is 0 Å². The monoisotopic (exact) mass is 267 g/mol. The lowest BCUT2D eigenvalue weighted by Gasteiger charge is -2.18. The number of hydrogen-bond acceptors (Lipinski definition) is 6. The van der Waals surface area contributed by atoms with Gasteiger partial charge in [-0.1, -0.05) is 11.2 Å². The third-order valence-corrected chi connectivity index (χ3v) is 2.55. The summed E-state index contributed by atoms with van der Waals surface area (Å²) in [7, 11) is 0. The molecule has 0 aromatic heterocycles. The Hall–Kier alpha value is -2.35. The van der Waals surface area contributed by atoms with Gasteiger partial charge in [0.25, 0.3) is 5.69 Å². The number of rotatable bonds is 5. The highest BCUT2D eigenvalue weighted by Gasteiger charge is 2.25. The summed E-state index contributed by atoms with van der Waals surface area (Å²) in [5.74, 6) is 0. The first kappa shape index (κ1) is 14.7. The van der Waals surface area contributed by atoms with Gasteiger partial charge in [0, 0.05) is 16.5 Å². The van der Waals surface area contributed by atoms with E-state index in [-0.39, 0.29) is 23.5 Å². The third-order valence-electron chi connectivity index (χ3n) is 2.55. The summed E-state index contributed by atoms with van der Waals surface area (Å²) in [6, 6.07) is 2.71. The van der Waals surface area contributed by atoms with Gasteiger partial charge in [0.05, 0.1) is 17.6 Å². The fourth-order valence-corrected chi connectivity index (χ4v) is 1.63. The molecule has 0 radical (unpaired) electrons. The lowest BCUT2D eigenvalue weighted by Crippen LogP contribution is -2.22. The summed E-state index contributed by atoms with van der Waals surface area (Å²) in [4.78, 5) is 12.6. The number of benzene rings is 1. The standard InChI is InChI=1S/C10H13N5O4/c1-5-2-6(9(11)7(3-5)15(18)19)10(17)8(16)4-13-14-12/h2-3,8,10,16-17H,4,11H2,1H3. The fourth-order valence-electron chi connectivity index (χ4n) is 1.63. The average molecular weight is 267 g/mol. The molecule has 0 heterocycles. The van der Waals surface area contributed by atoms with Crippen LogP contribution in [0.5, 0.6) is 0 Å². The van der Waals surface area contributed by atoms with Crippen molar-refractivity contribution >= 4 is 11.4 Å². The molecule has 0 saturated heterocycles. The van der Waals surface area contributed by atoms with Crippen LogP contribution >= 0.6 is 0 Å². The van der Waals surface area contributed by atoms with E-state index in [1.807, 2.05) is 0 Å². The number of nitrogens with zero attached hydrogens (tertiary/aromatic N) is 4. The van der Waals surface area contributed by atoms with E-state index in [1.54, 1.807) is 6.92 Å². The van der Waals surface area contributed by atoms with Crippen molar-refractivity contribution in [2.75, 3.05) is 12.3 Å². The Kier molecular flexibility index (Phi) is 4.65. The molecule has 0 amide bonds. The van der Waals surface area contributed by atoms with E-state index in [2.05, 4.69) is 10.0 Å². The summed E-state index contributed by atoms with van der Waals surface area (Å²) in [5.41, 5.74) is 13.7. The zero-order chi connectivity index (χ0) is 14.6. The van der Waals surface area contributed by atoms with Crippen LogP contribution in [0.1, 0.15) is 17.2 Å². The van der Waals surface area contributed by atoms with Crippen molar-refractivity contribution in [2.24, 2.45) is 5.11 Å². The van der Waals surface area contributed by atoms with Crippen molar-refractivity contribution in [3.8, 4) is 0 Å². The molecule has 19 heavy (non-hydrogen) atoms. The summed E-state index contributed by atoms with van der Waals surface area (Å²) >= 11 is 0. The second-order valence-corrected chi connectivity index (χ2v) is 3.97. The molecule has 0 aliphatic rings. The van der Waals surface area contributed by atoms with Crippen LogP contribution in [0, 0.1) is 17.0 Å². The highest BCUT2D eigenvalue weighted by molar-refractivity contribution is 5.65. The maximum absolute atomic E-state index is 10.8. The van der Waals surface area contributed by atoms with Gasteiger partial charge in [-0.15, -0.1) is 0 Å². The zero-order valence-electron chi connectivity index (χ0n) is 10.1. The number of anilines is 1. The van der Waals surface area contributed by atoms with Crippen LogP contribution in [0.25, 0.3) is 10.4 Å². The van der Waals surface area contributed by atoms with Gasteiger partial charge in [-0.2, -0.15) is 0 Å². The van der Waals surface area contributed by atoms with Crippen LogP contribution in [0.4, 0.5) is 11.4 Å². The van der Waals surface area contributed by atoms with Crippen molar-refractivity contribution in [3.63, 3.8) is 0 Å². The van der Waals surface area contributed by atoms with Crippen LogP contribution in [-0.4, -0.2) is 27.8 Å². The van der Waals surface area contributed by atoms with Gasteiger partial charge in [-0.25, -0.2) is 0 Å². The number of azide groups is 1. The van der Waals surface area contributed by atoms with Crippen molar-refractivity contribution in [3.05, 3.63) is 43.8 Å². The Labute approximate surface area is 108 Å². The van der Waals surface area contributed by atoms with E-state index in [9.17, 15) is 20.3 Å². The largest absolute Gasteiger partial charge is 0.393 e. The van der Waals surface area contributed by atoms with E-state index < -0.39 is 17.1 Å². The summed E-state index contributed by atoms with van der Waals surface area (Å²) in [5, 5.41) is 33.4. The second-order valence-electron chi connectivity index (χ2n) is 3.97. The van der Waals surface area contributed by atoms with Gasteiger partial charge in [0.15, 0.2) is 0 Å². The minimum absolute atomic E-state index is 0.0346. The molecular formula is C10H13N5O4. The molecule has 0 bridgehead atoms. The third kappa shape index (κ3) is 3.32. The second kappa shape index (κ2) is 6.01. The first-order valence-electron chi connectivity index (χ1n) is 5.30. The Balaban J connectivity index is 3.19. The Morgan fingerprint density at radius 3 is 2.74 bits per heavy atom. The molecule has 4 N–H and O–H groups in total. The topological polar surface area (TPSA) is 158 Å². The van der Waals surface area contributed by atoms with Gasteiger partial charge >= 0.3 is 0 Å². The molecule has 1 aromatic rings. The van der Waals surface area contributed by atoms with Crippen LogP contribution in [0.3, 0.4) is 0 Å². The Morgan fingerprint density at radius 2 is 2.21 bits per heavy atom. The molecule has 0 spiro atoms. The maximum Gasteiger partial charge on any atom is 0.292 e. The summed E-state index contributed by atoms with van der Waals surface area (Å²) in [6.45, 7) is 1.24. The van der Waals surface area contributed by atoms with E-state index in [4.69, 9.17) is 11.3 Å². The van der Waals surface area contributed by atoms with E-state index in [0.29, 0.717) is 5.56 Å². The number of nitro groups is 1. The number of aliphatic hydroxyl groups is 2. The number of nitro benzene ring substituents is 1. The quantitative estimate of drug-likeness (QED) is 0.182. The molecule has 1 rings (SSSR count). The van der Waals surface area contributed by atoms with Crippen molar-refractivity contribution in [2.45, 2.75) is 19.1 Å². The van der Waals surface area contributed by atoms with Crippen molar-refractivity contribution in [1.29, 1.82) is 0 Å². The normalized spacial score (nSPS) is 13.4. The maximum atomic E-state index is 10.8. The molecule has 9 heteroatoms. The predicted octanol–water partition coefficient (Wildman–Crippen LogP) is 1.19. The number of aliphatic hydroxyl groups excluding tert-OH is 2. The van der Waals surface area contributed by atoms with Crippen LogP contribution < -0.4 is 5.73 Å². The Bertz CT molecular complexity index is 541. The first-order chi connectivity index (χ1) is 8.88. The molecule has 0 aliphatic heterocycles. The molecule has 9 nitrogen and oxygen atoms in total. The molecule has 2 atom stereocenters. The molecular weight excluding hydrogens is 254 g/mol. The number of nitrogens with two attached hydrogens (primary N) is 1. The average Bonchev–Trinajstić information content (AvgIpc) is 2.37. The van der Waals surface area contributed by atoms with E-state index in [1.165, 1.54) is 12.1 Å². The lowest BCUT2D eigenvalue weighted by molar-refractivity contribution is -0.384. The molecule has 0 saturated carbocycles. The minimum Gasteiger partial charge on any atom is -0.393 e. The lowest BCUT2D eigenvalue weighted by atomic mass is 9.99. The molecule has 1 aromatic carbocycles. The number of hydrogen-bond donors (Lipinski definition) is 3.